The van der Waals surface area contributed by atoms with E-state index in [1.807, 2.05) is 4.90 Å². The van der Waals surface area contributed by atoms with Crippen molar-refractivity contribution in [1.82, 2.24) is 10.2 Å². The highest BCUT2D eigenvalue weighted by atomic mass is 16.2. The second-order valence-corrected chi connectivity index (χ2v) is 5.25. The van der Waals surface area contributed by atoms with E-state index in [2.05, 4.69) is 44.3 Å². The lowest BCUT2D eigenvalue weighted by Crippen LogP contribution is -2.52. The lowest BCUT2D eigenvalue weighted by Gasteiger charge is -2.34. The number of carbonyl (C=O) groups excluding carboxylic acids is 1. The molecule has 18 heavy (non-hydrogen) atoms. The quantitative estimate of drug-likeness (QED) is 0.861. The molecule has 98 valence electrons. The van der Waals surface area contributed by atoms with E-state index in [1.165, 1.54) is 11.1 Å². The van der Waals surface area contributed by atoms with Gasteiger partial charge in [0.15, 0.2) is 0 Å². The molecule has 0 spiro atoms. The second-order valence-electron chi connectivity index (χ2n) is 5.25. The van der Waals surface area contributed by atoms with Gasteiger partial charge in [-0.1, -0.05) is 23.8 Å². The first kappa shape index (κ1) is 13.1. The first-order chi connectivity index (χ1) is 8.58. The highest BCUT2D eigenvalue weighted by molar-refractivity contribution is 5.79. The molecule has 1 atom stereocenters. The minimum atomic E-state index is 0.248. The maximum Gasteiger partial charge on any atom is 0.227 e. The summed E-state index contributed by atoms with van der Waals surface area (Å²) in [5.74, 6) is 0.248. The number of rotatable bonds is 2. The fraction of sp³-hybridized carbons (Fsp3) is 0.533. The minimum Gasteiger partial charge on any atom is -0.337 e. The molecule has 1 heterocycles. The van der Waals surface area contributed by atoms with Crippen LogP contribution in [-0.4, -0.2) is 36.5 Å². The number of nitrogens with zero attached hydrogens (tertiary/aromatic N) is 1. The molecule has 0 radical (unpaired) electrons. The van der Waals surface area contributed by atoms with Gasteiger partial charge >= 0.3 is 0 Å². The average molecular weight is 246 g/mol. The molecule has 1 aromatic carbocycles. The SMILES string of the molecule is Cc1ccc(C)c(CC(=O)N2CCNC[C@H]2C)c1. The van der Waals surface area contributed by atoms with Crippen molar-refractivity contribution in [3.05, 3.63) is 34.9 Å². The van der Waals surface area contributed by atoms with Crippen LogP contribution < -0.4 is 5.32 Å². The summed E-state index contributed by atoms with van der Waals surface area (Å²) in [6.45, 7) is 8.88. The monoisotopic (exact) mass is 246 g/mol. The zero-order valence-electron chi connectivity index (χ0n) is 11.5. The predicted octanol–water partition coefficient (Wildman–Crippen LogP) is 1.67. The Morgan fingerprint density at radius 2 is 2.22 bits per heavy atom. The number of benzene rings is 1. The van der Waals surface area contributed by atoms with Crippen LogP contribution in [0.4, 0.5) is 0 Å². The van der Waals surface area contributed by atoms with Gasteiger partial charge in [-0.3, -0.25) is 4.79 Å². The third-order valence-electron chi connectivity index (χ3n) is 3.67. The summed E-state index contributed by atoms with van der Waals surface area (Å²) < 4.78 is 0. The lowest BCUT2D eigenvalue weighted by molar-refractivity contribution is -0.133. The van der Waals surface area contributed by atoms with Crippen LogP contribution in [-0.2, 0) is 11.2 Å². The number of nitrogens with one attached hydrogen (secondary N) is 1. The van der Waals surface area contributed by atoms with Gasteiger partial charge in [0.25, 0.3) is 0 Å². The van der Waals surface area contributed by atoms with E-state index in [9.17, 15) is 4.79 Å². The molecule has 1 amide bonds. The van der Waals surface area contributed by atoms with Gasteiger partial charge < -0.3 is 10.2 Å². The second kappa shape index (κ2) is 5.53. The zero-order valence-corrected chi connectivity index (χ0v) is 11.5. The summed E-state index contributed by atoms with van der Waals surface area (Å²) in [7, 11) is 0. The Balaban J connectivity index is 2.08. The van der Waals surface area contributed by atoms with Crippen LogP contribution >= 0.6 is 0 Å². The lowest BCUT2D eigenvalue weighted by atomic mass is 10.0. The van der Waals surface area contributed by atoms with Crippen LogP contribution in [0.3, 0.4) is 0 Å². The number of hydrogen-bond donors (Lipinski definition) is 1. The third-order valence-corrected chi connectivity index (χ3v) is 3.67. The fourth-order valence-electron chi connectivity index (χ4n) is 2.47. The van der Waals surface area contributed by atoms with Crippen LogP contribution in [0.1, 0.15) is 23.6 Å². The molecule has 1 aliphatic rings. The summed E-state index contributed by atoms with van der Waals surface area (Å²) >= 11 is 0. The van der Waals surface area contributed by atoms with Crippen LogP contribution in [0.15, 0.2) is 18.2 Å². The Kier molecular flexibility index (Phi) is 4.02. The van der Waals surface area contributed by atoms with Gasteiger partial charge in [0, 0.05) is 25.7 Å². The zero-order chi connectivity index (χ0) is 13.1. The highest BCUT2D eigenvalue weighted by Crippen LogP contribution is 2.14. The molecular weight excluding hydrogens is 224 g/mol. The molecule has 2 rings (SSSR count). The van der Waals surface area contributed by atoms with Gasteiger partial charge in [-0.2, -0.15) is 0 Å². The molecule has 1 aliphatic heterocycles. The molecule has 0 saturated carbocycles. The molecule has 1 aromatic rings. The molecule has 1 N–H and O–H groups in total. The van der Waals surface area contributed by atoms with E-state index < -0.39 is 0 Å². The molecule has 1 fully saturated rings. The van der Waals surface area contributed by atoms with E-state index in [0.29, 0.717) is 12.5 Å². The Morgan fingerprint density at radius 3 is 2.94 bits per heavy atom. The highest BCUT2D eigenvalue weighted by Gasteiger charge is 2.23. The first-order valence-electron chi connectivity index (χ1n) is 6.64. The molecule has 0 bridgehead atoms. The number of carbonyl (C=O) groups is 1. The first-order valence-corrected chi connectivity index (χ1v) is 6.64. The topological polar surface area (TPSA) is 32.3 Å². The standard InChI is InChI=1S/C15H22N2O/c1-11-4-5-12(2)14(8-11)9-15(18)17-7-6-16-10-13(17)3/h4-5,8,13,16H,6-7,9-10H2,1-3H3/t13-/m1/s1. The summed E-state index contributed by atoms with van der Waals surface area (Å²) in [4.78, 5) is 14.3. The van der Waals surface area contributed by atoms with Gasteiger partial charge in [-0.15, -0.1) is 0 Å². The van der Waals surface area contributed by atoms with Gasteiger partial charge in [0.05, 0.1) is 6.42 Å². The molecule has 0 aliphatic carbocycles. The molecule has 0 aromatic heterocycles. The maximum absolute atomic E-state index is 12.3. The van der Waals surface area contributed by atoms with Crippen molar-refractivity contribution in [3.8, 4) is 0 Å². The van der Waals surface area contributed by atoms with E-state index >= 15 is 0 Å². The van der Waals surface area contributed by atoms with Gasteiger partial charge in [0.2, 0.25) is 5.91 Å². The number of aryl methyl sites for hydroxylation is 2. The van der Waals surface area contributed by atoms with Crippen LogP contribution in [0.25, 0.3) is 0 Å². The van der Waals surface area contributed by atoms with Crippen molar-refractivity contribution in [1.29, 1.82) is 0 Å². The number of amides is 1. The van der Waals surface area contributed by atoms with Gasteiger partial charge in [-0.05, 0) is 31.9 Å². The van der Waals surface area contributed by atoms with Gasteiger partial charge in [0.1, 0.15) is 0 Å². The van der Waals surface area contributed by atoms with E-state index in [4.69, 9.17) is 0 Å². The molecule has 1 saturated heterocycles. The number of piperazine rings is 1. The van der Waals surface area contributed by atoms with Crippen molar-refractivity contribution in [2.24, 2.45) is 0 Å². The van der Waals surface area contributed by atoms with Crippen molar-refractivity contribution in [3.63, 3.8) is 0 Å². The van der Waals surface area contributed by atoms with E-state index in [1.54, 1.807) is 0 Å². The Morgan fingerprint density at radius 1 is 1.44 bits per heavy atom. The average Bonchev–Trinajstić information content (AvgIpc) is 2.34. The predicted molar refractivity (Wildman–Crippen MR) is 73.7 cm³/mol. The maximum atomic E-state index is 12.3. The summed E-state index contributed by atoms with van der Waals surface area (Å²) in [6, 6.07) is 6.62. The summed E-state index contributed by atoms with van der Waals surface area (Å²) in [5, 5.41) is 3.31. The van der Waals surface area contributed by atoms with Crippen LogP contribution in [0, 0.1) is 13.8 Å². The molecule has 0 unspecified atom stereocenters. The third kappa shape index (κ3) is 2.91. The Labute approximate surface area is 109 Å². The van der Waals surface area contributed by atoms with E-state index in [-0.39, 0.29) is 5.91 Å². The largest absolute Gasteiger partial charge is 0.337 e. The van der Waals surface area contributed by atoms with Crippen LogP contribution in [0.5, 0.6) is 0 Å². The van der Waals surface area contributed by atoms with Crippen molar-refractivity contribution < 1.29 is 4.79 Å². The normalized spacial score (nSPS) is 19.9. The van der Waals surface area contributed by atoms with Crippen molar-refractivity contribution in [2.75, 3.05) is 19.6 Å². The Bertz CT molecular complexity index is 442. The molecule has 3 heteroatoms. The molecule has 3 nitrogen and oxygen atoms in total. The smallest absolute Gasteiger partial charge is 0.227 e. The Hall–Kier alpha value is -1.35. The summed E-state index contributed by atoms with van der Waals surface area (Å²) in [5.41, 5.74) is 3.58. The number of hydrogen-bond acceptors (Lipinski definition) is 2. The summed E-state index contributed by atoms with van der Waals surface area (Å²) in [6.07, 6.45) is 0.526. The van der Waals surface area contributed by atoms with Crippen LogP contribution in [0.2, 0.25) is 0 Å². The van der Waals surface area contributed by atoms with Gasteiger partial charge in [-0.25, -0.2) is 0 Å². The molecular formula is C15H22N2O. The minimum absolute atomic E-state index is 0.248. The fourth-order valence-corrected chi connectivity index (χ4v) is 2.47. The van der Waals surface area contributed by atoms with Crippen molar-refractivity contribution in [2.45, 2.75) is 33.2 Å². The van der Waals surface area contributed by atoms with Crippen molar-refractivity contribution >= 4 is 5.91 Å². The van der Waals surface area contributed by atoms with E-state index in [0.717, 1.165) is 25.2 Å².